The maximum Gasteiger partial charge on any atom is 0.0140 e. The molecule has 0 saturated heterocycles. The molecule has 0 radical (unpaired) electrons. The minimum atomic E-state index is 0.643. The van der Waals surface area contributed by atoms with Gasteiger partial charge in [-0.25, -0.2) is 0 Å². The molecular formula is C16H29NS. The van der Waals surface area contributed by atoms with Gasteiger partial charge < -0.3 is 5.32 Å². The first-order valence-corrected chi connectivity index (χ1v) is 8.31. The molecule has 0 aromatic carbocycles. The molecular weight excluding hydrogens is 238 g/mol. The van der Waals surface area contributed by atoms with Gasteiger partial charge in [0.1, 0.15) is 0 Å². The number of rotatable bonds is 9. The monoisotopic (exact) mass is 267 g/mol. The van der Waals surface area contributed by atoms with Crippen molar-refractivity contribution in [2.24, 2.45) is 5.92 Å². The number of hydrogen-bond donors (Lipinski definition) is 1. The summed E-state index contributed by atoms with van der Waals surface area (Å²) in [7, 11) is 2.12. The van der Waals surface area contributed by atoms with E-state index in [9.17, 15) is 0 Å². The van der Waals surface area contributed by atoms with Crippen molar-refractivity contribution in [1.82, 2.24) is 5.32 Å². The van der Waals surface area contributed by atoms with Gasteiger partial charge in [-0.05, 0) is 44.4 Å². The topological polar surface area (TPSA) is 12.0 Å². The summed E-state index contributed by atoms with van der Waals surface area (Å²) in [6.45, 7) is 6.85. The minimum absolute atomic E-state index is 0.643. The predicted octanol–water partition coefficient (Wildman–Crippen LogP) is 4.66. The fourth-order valence-corrected chi connectivity index (χ4v) is 3.62. The summed E-state index contributed by atoms with van der Waals surface area (Å²) in [5.74, 6) is 0.821. The maximum atomic E-state index is 3.54. The van der Waals surface area contributed by atoms with Gasteiger partial charge >= 0.3 is 0 Å². The van der Waals surface area contributed by atoms with Gasteiger partial charge in [-0.3, -0.25) is 0 Å². The summed E-state index contributed by atoms with van der Waals surface area (Å²) in [4.78, 5) is 3.06. The zero-order valence-electron chi connectivity index (χ0n) is 12.5. The van der Waals surface area contributed by atoms with Crippen molar-refractivity contribution < 1.29 is 0 Å². The molecule has 1 rings (SSSR count). The molecule has 1 heterocycles. The Morgan fingerprint density at radius 1 is 1.17 bits per heavy atom. The van der Waals surface area contributed by atoms with Crippen molar-refractivity contribution in [3.8, 4) is 0 Å². The quantitative estimate of drug-likeness (QED) is 0.686. The number of nitrogens with one attached hydrogen (secondary N) is 1. The van der Waals surface area contributed by atoms with Crippen molar-refractivity contribution in [3.05, 3.63) is 21.9 Å². The highest BCUT2D eigenvalue weighted by molar-refractivity contribution is 7.11. The Balaban J connectivity index is 2.58. The lowest BCUT2D eigenvalue weighted by Crippen LogP contribution is -2.35. The third-order valence-corrected chi connectivity index (χ3v) is 5.13. The van der Waals surface area contributed by atoms with Crippen molar-refractivity contribution in [2.45, 2.75) is 65.3 Å². The Kier molecular flexibility index (Phi) is 7.60. The molecule has 0 aliphatic heterocycles. The molecule has 2 heteroatoms. The number of unbranched alkanes of at least 4 members (excludes halogenated alkanes) is 1. The zero-order valence-corrected chi connectivity index (χ0v) is 13.3. The summed E-state index contributed by atoms with van der Waals surface area (Å²) < 4.78 is 0. The minimum Gasteiger partial charge on any atom is -0.316 e. The summed E-state index contributed by atoms with van der Waals surface area (Å²) in [6.07, 6.45) is 7.70. The van der Waals surface area contributed by atoms with E-state index < -0.39 is 0 Å². The lowest BCUT2D eigenvalue weighted by atomic mass is 9.89. The van der Waals surface area contributed by atoms with Gasteiger partial charge in [-0.15, -0.1) is 11.3 Å². The average molecular weight is 267 g/mol. The van der Waals surface area contributed by atoms with Crippen LogP contribution in [0.15, 0.2) is 12.1 Å². The van der Waals surface area contributed by atoms with Gasteiger partial charge in [-0.2, -0.15) is 0 Å². The van der Waals surface area contributed by atoms with Crippen LogP contribution in [0.2, 0.25) is 0 Å². The largest absolute Gasteiger partial charge is 0.316 e. The van der Waals surface area contributed by atoms with Crippen LogP contribution in [0.5, 0.6) is 0 Å². The first kappa shape index (κ1) is 15.7. The van der Waals surface area contributed by atoms with Gasteiger partial charge in [0.05, 0.1) is 0 Å². The Morgan fingerprint density at radius 3 is 2.39 bits per heavy atom. The highest BCUT2D eigenvalue weighted by atomic mass is 32.1. The molecule has 18 heavy (non-hydrogen) atoms. The molecule has 0 aliphatic rings. The normalized spacial score (nSPS) is 14.7. The van der Waals surface area contributed by atoms with E-state index >= 15 is 0 Å². The standard InChI is InChI=1S/C16H29NS/c1-5-8-9-13(6-2)16(17-4)12-15-11-10-14(7-3)18-15/h10-11,13,16-17H,5-9,12H2,1-4H3. The maximum absolute atomic E-state index is 3.54. The first-order chi connectivity index (χ1) is 8.74. The molecule has 2 atom stereocenters. The van der Waals surface area contributed by atoms with Crippen LogP contribution in [-0.2, 0) is 12.8 Å². The van der Waals surface area contributed by atoms with Crippen LogP contribution in [0.4, 0.5) is 0 Å². The fourth-order valence-electron chi connectivity index (χ4n) is 2.60. The van der Waals surface area contributed by atoms with E-state index in [0.29, 0.717) is 6.04 Å². The van der Waals surface area contributed by atoms with Crippen LogP contribution in [0.3, 0.4) is 0 Å². The summed E-state index contributed by atoms with van der Waals surface area (Å²) >= 11 is 1.99. The van der Waals surface area contributed by atoms with E-state index in [1.54, 1.807) is 4.88 Å². The highest BCUT2D eigenvalue weighted by Crippen LogP contribution is 2.24. The first-order valence-electron chi connectivity index (χ1n) is 7.49. The van der Waals surface area contributed by atoms with Crippen LogP contribution in [0, 0.1) is 5.92 Å². The van der Waals surface area contributed by atoms with Crippen molar-refractivity contribution in [1.29, 1.82) is 0 Å². The van der Waals surface area contributed by atoms with Crippen molar-refractivity contribution >= 4 is 11.3 Å². The van der Waals surface area contributed by atoms with E-state index in [0.717, 1.165) is 5.92 Å². The van der Waals surface area contributed by atoms with Crippen LogP contribution in [0.1, 0.15) is 56.2 Å². The van der Waals surface area contributed by atoms with Gasteiger partial charge in [0.15, 0.2) is 0 Å². The van der Waals surface area contributed by atoms with E-state index in [2.05, 4.69) is 45.3 Å². The molecule has 2 unspecified atom stereocenters. The molecule has 0 saturated carbocycles. The van der Waals surface area contributed by atoms with Gasteiger partial charge in [-0.1, -0.05) is 40.0 Å². The van der Waals surface area contributed by atoms with Crippen LogP contribution < -0.4 is 5.32 Å². The second-order valence-electron chi connectivity index (χ2n) is 5.13. The Morgan fingerprint density at radius 2 is 1.89 bits per heavy atom. The van der Waals surface area contributed by atoms with Crippen LogP contribution >= 0.6 is 11.3 Å². The molecule has 104 valence electrons. The van der Waals surface area contributed by atoms with Crippen molar-refractivity contribution in [2.75, 3.05) is 7.05 Å². The van der Waals surface area contributed by atoms with Crippen LogP contribution in [0.25, 0.3) is 0 Å². The zero-order chi connectivity index (χ0) is 13.4. The Labute approximate surface area is 117 Å². The van der Waals surface area contributed by atoms with E-state index in [4.69, 9.17) is 0 Å². The molecule has 0 aliphatic carbocycles. The number of aryl methyl sites for hydroxylation is 1. The molecule has 0 spiro atoms. The van der Waals surface area contributed by atoms with Crippen molar-refractivity contribution in [3.63, 3.8) is 0 Å². The third kappa shape index (κ3) is 4.74. The smallest absolute Gasteiger partial charge is 0.0140 e. The lowest BCUT2D eigenvalue weighted by Gasteiger charge is -2.25. The van der Waals surface area contributed by atoms with E-state index in [1.165, 1.54) is 43.4 Å². The molecule has 1 aromatic rings. The second-order valence-corrected chi connectivity index (χ2v) is 6.38. The molecule has 1 aromatic heterocycles. The summed E-state index contributed by atoms with van der Waals surface area (Å²) in [6, 6.07) is 5.25. The molecule has 0 bridgehead atoms. The van der Waals surface area contributed by atoms with Gasteiger partial charge in [0.25, 0.3) is 0 Å². The molecule has 0 fully saturated rings. The summed E-state index contributed by atoms with van der Waals surface area (Å²) in [5, 5.41) is 3.54. The van der Waals surface area contributed by atoms with E-state index in [-0.39, 0.29) is 0 Å². The Hall–Kier alpha value is -0.340. The second kappa shape index (κ2) is 8.71. The van der Waals surface area contributed by atoms with Gasteiger partial charge in [0.2, 0.25) is 0 Å². The van der Waals surface area contributed by atoms with Gasteiger partial charge in [0, 0.05) is 15.8 Å². The molecule has 0 amide bonds. The van der Waals surface area contributed by atoms with Crippen LogP contribution in [-0.4, -0.2) is 13.1 Å². The number of hydrogen-bond acceptors (Lipinski definition) is 2. The lowest BCUT2D eigenvalue weighted by molar-refractivity contribution is 0.331. The molecule has 1 N–H and O–H groups in total. The highest BCUT2D eigenvalue weighted by Gasteiger charge is 2.18. The average Bonchev–Trinajstić information content (AvgIpc) is 2.85. The Bertz CT molecular complexity index is 319. The molecule has 1 nitrogen and oxygen atoms in total. The fraction of sp³-hybridized carbons (Fsp3) is 0.750. The number of likely N-dealkylation sites (N-methyl/N-ethyl adjacent to an activating group) is 1. The third-order valence-electron chi connectivity index (χ3n) is 3.88. The van der Waals surface area contributed by atoms with E-state index in [1.807, 2.05) is 11.3 Å². The SMILES string of the molecule is CCCCC(CC)C(Cc1ccc(CC)s1)NC. The number of thiophene rings is 1. The predicted molar refractivity (Wildman–Crippen MR) is 83.6 cm³/mol. The summed E-state index contributed by atoms with van der Waals surface area (Å²) in [5.41, 5.74) is 0.